The molecule has 1 aromatic carbocycles. The fourth-order valence-electron chi connectivity index (χ4n) is 2.30. The predicted molar refractivity (Wildman–Crippen MR) is 90.9 cm³/mol. The number of sulfone groups is 1. The number of carbonyl (C=O) groups excluding carboxylic acids is 2. The van der Waals surface area contributed by atoms with Crippen LogP contribution >= 0.6 is 27.7 Å². The molecule has 1 aromatic rings. The summed E-state index contributed by atoms with van der Waals surface area (Å²) in [7, 11) is -3.28. The highest BCUT2D eigenvalue weighted by Crippen LogP contribution is 2.34. The van der Waals surface area contributed by atoms with Crippen LogP contribution in [-0.4, -0.2) is 38.0 Å². The molecule has 1 aliphatic heterocycles. The average Bonchev–Trinajstić information content (AvgIpc) is 2.76. The topological polar surface area (TPSA) is 71.5 Å². The van der Waals surface area contributed by atoms with Gasteiger partial charge in [0.1, 0.15) is 0 Å². The third-order valence-electron chi connectivity index (χ3n) is 3.37. The molecule has 8 heteroatoms. The second-order valence-electron chi connectivity index (χ2n) is 5.26. The molecule has 5 nitrogen and oxygen atoms in total. The van der Waals surface area contributed by atoms with E-state index in [4.69, 9.17) is 0 Å². The monoisotopic (exact) mass is 405 g/mol. The Bertz CT molecular complexity index is 718. The maximum atomic E-state index is 12.2. The molecule has 1 heterocycles. The van der Waals surface area contributed by atoms with E-state index in [-0.39, 0.29) is 21.8 Å². The smallest absolute Gasteiger partial charge is 0.227 e. The maximum absolute atomic E-state index is 12.2. The van der Waals surface area contributed by atoms with Crippen LogP contribution in [0.5, 0.6) is 0 Å². The molecule has 22 heavy (non-hydrogen) atoms. The number of amides is 1. The molecule has 2 rings (SSSR count). The third-order valence-corrected chi connectivity index (χ3v) is 6.16. The number of thioether (sulfide) groups is 1. The highest BCUT2D eigenvalue weighted by atomic mass is 79.9. The molecule has 1 unspecified atom stereocenters. The number of halogens is 1. The highest BCUT2D eigenvalue weighted by Gasteiger charge is 2.32. The van der Waals surface area contributed by atoms with Crippen molar-refractivity contribution in [2.75, 3.05) is 23.5 Å². The number of benzene rings is 1. The Labute approximate surface area is 142 Å². The first-order valence-electron chi connectivity index (χ1n) is 6.62. The van der Waals surface area contributed by atoms with Crippen LogP contribution in [0.25, 0.3) is 0 Å². The summed E-state index contributed by atoms with van der Waals surface area (Å²) in [5, 5.41) is 0.0459. The normalized spacial score (nSPS) is 18.8. The quantitative estimate of drug-likeness (QED) is 0.769. The molecule has 1 fully saturated rings. The zero-order chi connectivity index (χ0) is 16.5. The van der Waals surface area contributed by atoms with Crippen molar-refractivity contribution in [3.63, 3.8) is 0 Å². The molecule has 0 bridgehead atoms. The standard InChI is InChI=1S/C14H16BrNO4S2/c1-9(17)21-8-10-5-14(18)16(7-10)13-4-3-11(6-12(13)15)22(2,19)20/h3-4,6,10H,5,7-8H2,1-2H3. The Morgan fingerprint density at radius 2 is 2.14 bits per heavy atom. The van der Waals surface area contributed by atoms with Gasteiger partial charge in [-0.3, -0.25) is 9.59 Å². The molecule has 120 valence electrons. The van der Waals surface area contributed by atoms with E-state index in [2.05, 4.69) is 15.9 Å². The number of hydrogen-bond donors (Lipinski definition) is 0. The van der Waals surface area contributed by atoms with E-state index in [1.54, 1.807) is 11.0 Å². The van der Waals surface area contributed by atoms with Crippen LogP contribution in [-0.2, 0) is 19.4 Å². The first kappa shape index (κ1) is 17.5. The molecule has 1 atom stereocenters. The molecular weight excluding hydrogens is 390 g/mol. The van der Waals surface area contributed by atoms with E-state index in [1.807, 2.05) is 0 Å². The van der Waals surface area contributed by atoms with Crippen LogP contribution in [0.3, 0.4) is 0 Å². The summed E-state index contributed by atoms with van der Waals surface area (Å²) in [5.74, 6) is 0.737. The van der Waals surface area contributed by atoms with Gasteiger partial charge in [-0.1, -0.05) is 11.8 Å². The van der Waals surface area contributed by atoms with Crippen LogP contribution in [0, 0.1) is 5.92 Å². The van der Waals surface area contributed by atoms with Crippen LogP contribution in [0.2, 0.25) is 0 Å². The lowest BCUT2D eigenvalue weighted by atomic mass is 10.1. The summed E-state index contributed by atoms with van der Waals surface area (Å²) in [6.45, 7) is 2.05. The van der Waals surface area contributed by atoms with Crippen molar-refractivity contribution >= 4 is 54.2 Å². The lowest BCUT2D eigenvalue weighted by Crippen LogP contribution is -2.25. The van der Waals surface area contributed by atoms with Crippen molar-refractivity contribution in [1.82, 2.24) is 0 Å². The second kappa shape index (κ2) is 6.72. The Morgan fingerprint density at radius 1 is 1.45 bits per heavy atom. The van der Waals surface area contributed by atoms with Gasteiger partial charge in [0.25, 0.3) is 0 Å². The van der Waals surface area contributed by atoms with Gasteiger partial charge in [0.05, 0.1) is 10.6 Å². The Hall–Kier alpha value is -0.860. The van der Waals surface area contributed by atoms with E-state index in [0.29, 0.717) is 28.9 Å². The minimum absolute atomic E-state index is 0.0121. The molecule has 0 radical (unpaired) electrons. The van der Waals surface area contributed by atoms with Gasteiger partial charge in [0.2, 0.25) is 5.91 Å². The van der Waals surface area contributed by atoms with E-state index in [1.165, 1.54) is 30.8 Å². The average molecular weight is 406 g/mol. The predicted octanol–water partition coefficient (Wildman–Crippen LogP) is 2.49. The fourth-order valence-corrected chi connectivity index (χ4v) is 4.38. The summed E-state index contributed by atoms with van der Waals surface area (Å²) in [6, 6.07) is 4.65. The van der Waals surface area contributed by atoms with Gasteiger partial charge in [-0.25, -0.2) is 8.42 Å². The van der Waals surface area contributed by atoms with Gasteiger partial charge >= 0.3 is 0 Å². The van der Waals surface area contributed by atoms with Gasteiger partial charge in [0, 0.05) is 36.4 Å². The second-order valence-corrected chi connectivity index (χ2v) is 9.33. The van der Waals surface area contributed by atoms with Crippen molar-refractivity contribution in [2.24, 2.45) is 5.92 Å². The van der Waals surface area contributed by atoms with Gasteiger partial charge in [0.15, 0.2) is 15.0 Å². The maximum Gasteiger partial charge on any atom is 0.227 e. The zero-order valence-corrected chi connectivity index (χ0v) is 15.4. The lowest BCUT2D eigenvalue weighted by molar-refractivity contribution is -0.117. The summed E-state index contributed by atoms with van der Waals surface area (Å²) in [5.41, 5.74) is 0.660. The first-order chi connectivity index (χ1) is 10.2. The molecule has 0 spiro atoms. The van der Waals surface area contributed by atoms with Crippen molar-refractivity contribution in [1.29, 1.82) is 0 Å². The largest absolute Gasteiger partial charge is 0.311 e. The number of carbonyl (C=O) groups is 2. The van der Waals surface area contributed by atoms with Crippen molar-refractivity contribution in [2.45, 2.75) is 18.2 Å². The number of nitrogens with zero attached hydrogens (tertiary/aromatic N) is 1. The summed E-state index contributed by atoms with van der Waals surface area (Å²) >= 11 is 4.57. The Kier molecular flexibility index (Phi) is 5.34. The minimum atomic E-state index is -3.28. The van der Waals surface area contributed by atoms with Crippen molar-refractivity contribution < 1.29 is 18.0 Å². The molecule has 1 aliphatic rings. The zero-order valence-electron chi connectivity index (χ0n) is 12.2. The van der Waals surface area contributed by atoms with Crippen molar-refractivity contribution in [3.05, 3.63) is 22.7 Å². The van der Waals surface area contributed by atoms with E-state index < -0.39 is 9.84 Å². The molecule has 1 amide bonds. The van der Waals surface area contributed by atoms with Crippen molar-refractivity contribution in [3.8, 4) is 0 Å². The third kappa shape index (κ3) is 4.11. The van der Waals surface area contributed by atoms with E-state index in [0.717, 1.165) is 6.26 Å². The summed E-state index contributed by atoms with van der Waals surface area (Å²) < 4.78 is 23.7. The minimum Gasteiger partial charge on any atom is -0.311 e. The first-order valence-corrected chi connectivity index (χ1v) is 10.3. The van der Waals surface area contributed by atoms with Gasteiger partial charge < -0.3 is 4.90 Å². The Balaban J connectivity index is 2.18. The fraction of sp³-hybridized carbons (Fsp3) is 0.429. The lowest BCUT2D eigenvalue weighted by Gasteiger charge is -2.19. The van der Waals surface area contributed by atoms with Gasteiger partial charge in [-0.2, -0.15) is 0 Å². The summed E-state index contributed by atoms with van der Waals surface area (Å²) in [6.07, 6.45) is 1.55. The molecule has 0 aliphatic carbocycles. The van der Waals surface area contributed by atoms with Crippen LogP contribution in [0.4, 0.5) is 5.69 Å². The highest BCUT2D eigenvalue weighted by molar-refractivity contribution is 9.10. The van der Waals surface area contributed by atoms with Crippen LogP contribution in [0.15, 0.2) is 27.6 Å². The van der Waals surface area contributed by atoms with Crippen LogP contribution in [0.1, 0.15) is 13.3 Å². The molecule has 0 saturated carbocycles. The Morgan fingerprint density at radius 3 is 2.68 bits per heavy atom. The molecule has 0 aromatic heterocycles. The van der Waals surface area contributed by atoms with Crippen LogP contribution < -0.4 is 4.90 Å². The van der Waals surface area contributed by atoms with Gasteiger partial charge in [-0.15, -0.1) is 0 Å². The molecule has 1 saturated heterocycles. The number of rotatable bonds is 4. The molecular formula is C14H16BrNO4S2. The molecule has 0 N–H and O–H groups in total. The number of anilines is 1. The van der Waals surface area contributed by atoms with Gasteiger partial charge in [-0.05, 0) is 40.0 Å². The summed E-state index contributed by atoms with van der Waals surface area (Å²) in [4.78, 5) is 25.0. The number of hydrogen-bond acceptors (Lipinski definition) is 5. The SMILES string of the molecule is CC(=O)SCC1CC(=O)N(c2ccc(S(C)(=O)=O)cc2Br)C1. The van der Waals surface area contributed by atoms with E-state index in [9.17, 15) is 18.0 Å². The van der Waals surface area contributed by atoms with E-state index >= 15 is 0 Å².